The number of aliphatic imine (C=N–C) groups is 1. The standard InChI is InChI=1S/C16H22N4O2.HI/c1-13(2)11-17-16(19-9-3-4-10-19)18-12-14-5-7-15(8-6-14)20(21)22;/h5-8H,1,3-4,9-12H2,2H3,(H,17,18);1H. The second kappa shape index (κ2) is 9.49. The number of non-ortho nitro benzene ring substituents is 1. The molecule has 6 nitrogen and oxygen atoms in total. The van der Waals surface area contributed by atoms with Crippen LogP contribution in [0.3, 0.4) is 0 Å². The van der Waals surface area contributed by atoms with Crippen molar-refractivity contribution in [1.82, 2.24) is 10.2 Å². The molecule has 0 saturated carbocycles. The molecule has 7 heteroatoms. The van der Waals surface area contributed by atoms with E-state index >= 15 is 0 Å². The molecule has 1 aliphatic heterocycles. The van der Waals surface area contributed by atoms with E-state index in [4.69, 9.17) is 0 Å². The molecule has 1 saturated heterocycles. The molecule has 0 aliphatic carbocycles. The molecule has 1 heterocycles. The molecular formula is C16H23IN4O2. The van der Waals surface area contributed by atoms with E-state index in [1.807, 2.05) is 6.92 Å². The van der Waals surface area contributed by atoms with Gasteiger partial charge in [-0.25, -0.2) is 4.99 Å². The van der Waals surface area contributed by atoms with Crippen LogP contribution in [0, 0.1) is 10.1 Å². The predicted molar refractivity (Wildman–Crippen MR) is 103 cm³/mol. The minimum Gasteiger partial charge on any atom is -0.353 e. The van der Waals surface area contributed by atoms with E-state index in [2.05, 4.69) is 21.8 Å². The van der Waals surface area contributed by atoms with E-state index in [0.717, 1.165) is 30.2 Å². The molecule has 126 valence electrons. The van der Waals surface area contributed by atoms with Crippen LogP contribution in [-0.2, 0) is 6.54 Å². The van der Waals surface area contributed by atoms with E-state index < -0.39 is 4.92 Å². The third kappa shape index (κ3) is 6.17. The topological polar surface area (TPSA) is 70.8 Å². The first-order valence-corrected chi connectivity index (χ1v) is 7.47. The van der Waals surface area contributed by atoms with Gasteiger partial charge in [-0.15, -0.1) is 24.0 Å². The molecule has 1 N–H and O–H groups in total. The SMILES string of the molecule is C=C(C)CNC(=NCc1ccc([N+](=O)[O-])cc1)N1CCCC1.I. The summed E-state index contributed by atoms with van der Waals surface area (Å²) in [6.45, 7) is 9.12. The summed E-state index contributed by atoms with van der Waals surface area (Å²) in [7, 11) is 0. The fourth-order valence-corrected chi connectivity index (χ4v) is 2.32. The molecule has 0 atom stereocenters. The van der Waals surface area contributed by atoms with E-state index in [1.54, 1.807) is 12.1 Å². The van der Waals surface area contributed by atoms with Crippen LogP contribution in [0.2, 0.25) is 0 Å². The van der Waals surface area contributed by atoms with E-state index in [1.165, 1.54) is 25.0 Å². The Kier molecular flexibility index (Phi) is 8.01. The van der Waals surface area contributed by atoms with Gasteiger partial charge in [0.1, 0.15) is 0 Å². The maximum atomic E-state index is 10.7. The number of hydrogen-bond acceptors (Lipinski definition) is 3. The largest absolute Gasteiger partial charge is 0.353 e. The molecule has 1 fully saturated rings. The average Bonchev–Trinajstić information content (AvgIpc) is 3.01. The number of nitrogens with zero attached hydrogens (tertiary/aromatic N) is 3. The zero-order valence-electron chi connectivity index (χ0n) is 13.3. The Balaban J connectivity index is 0.00000264. The van der Waals surface area contributed by atoms with Crippen molar-refractivity contribution in [3.63, 3.8) is 0 Å². The van der Waals surface area contributed by atoms with Crippen LogP contribution >= 0.6 is 24.0 Å². The Morgan fingerprint density at radius 2 is 1.96 bits per heavy atom. The number of likely N-dealkylation sites (tertiary alicyclic amines) is 1. The number of halogens is 1. The highest BCUT2D eigenvalue weighted by atomic mass is 127. The fraction of sp³-hybridized carbons (Fsp3) is 0.438. The van der Waals surface area contributed by atoms with Crippen LogP contribution in [0.25, 0.3) is 0 Å². The summed E-state index contributed by atoms with van der Waals surface area (Å²) in [6.07, 6.45) is 2.37. The monoisotopic (exact) mass is 430 g/mol. The first-order valence-electron chi connectivity index (χ1n) is 7.47. The highest BCUT2D eigenvalue weighted by Gasteiger charge is 2.15. The highest BCUT2D eigenvalue weighted by molar-refractivity contribution is 14.0. The van der Waals surface area contributed by atoms with Gasteiger partial charge in [-0.3, -0.25) is 10.1 Å². The lowest BCUT2D eigenvalue weighted by Crippen LogP contribution is -2.40. The number of rotatable bonds is 5. The summed E-state index contributed by atoms with van der Waals surface area (Å²) in [4.78, 5) is 17.1. The van der Waals surface area contributed by atoms with Crippen LogP contribution in [0.5, 0.6) is 0 Å². The second-order valence-corrected chi connectivity index (χ2v) is 5.57. The maximum absolute atomic E-state index is 10.7. The van der Waals surface area contributed by atoms with Crippen LogP contribution in [0.1, 0.15) is 25.3 Å². The first kappa shape index (κ1) is 19.4. The lowest BCUT2D eigenvalue weighted by Gasteiger charge is -2.21. The summed E-state index contributed by atoms with van der Waals surface area (Å²) in [5, 5.41) is 14.0. The van der Waals surface area contributed by atoms with Gasteiger partial charge in [0.25, 0.3) is 5.69 Å². The van der Waals surface area contributed by atoms with Crippen molar-refractivity contribution < 1.29 is 4.92 Å². The normalized spacial score (nSPS) is 14.3. The number of nitrogens with one attached hydrogen (secondary N) is 1. The summed E-state index contributed by atoms with van der Waals surface area (Å²) >= 11 is 0. The van der Waals surface area contributed by atoms with Gasteiger partial charge in [0, 0.05) is 31.8 Å². The average molecular weight is 430 g/mol. The molecule has 1 aliphatic rings. The van der Waals surface area contributed by atoms with E-state index in [-0.39, 0.29) is 29.7 Å². The lowest BCUT2D eigenvalue weighted by atomic mass is 10.2. The van der Waals surface area contributed by atoms with Crippen LogP contribution in [-0.4, -0.2) is 35.4 Å². The van der Waals surface area contributed by atoms with Gasteiger partial charge in [-0.05, 0) is 25.3 Å². The molecular weight excluding hydrogens is 407 g/mol. The molecule has 0 unspecified atom stereocenters. The van der Waals surface area contributed by atoms with Gasteiger partial charge in [-0.2, -0.15) is 0 Å². The van der Waals surface area contributed by atoms with Gasteiger partial charge < -0.3 is 10.2 Å². The van der Waals surface area contributed by atoms with Crippen molar-refractivity contribution in [2.75, 3.05) is 19.6 Å². The summed E-state index contributed by atoms with van der Waals surface area (Å²) in [5.74, 6) is 0.888. The Hall–Kier alpha value is -1.64. The lowest BCUT2D eigenvalue weighted by molar-refractivity contribution is -0.384. The number of nitro groups is 1. The van der Waals surface area contributed by atoms with Crippen LogP contribution < -0.4 is 5.32 Å². The Morgan fingerprint density at radius 1 is 1.35 bits per heavy atom. The van der Waals surface area contributed by atoms with E-state index in [0.29, 0.717) is 13.1 Å². The highest BCUT2D eigenvalue weighted by Crippen LogP contribution is 2.13. The molecule has 0 radical (unpaired) electrons. The summed E-state index contributed by atoms with van der Waals surface area (Å²) in [5.41, 5.74) is 2.12. The molecule has 0 amide bonds. The van der Waals surface area contributed by atoms with Crippen molar-refractivity contribution in [2.24, 2.45) is 4.99 Å². The molecule has 1 aromatic carbocycles. The fourth-order valence-electron chi connectivity index (χ4n) is 2.32. The smallest absolute Gasteiger partial charge is 0.269 e. The maximum Gasteiger partial charge on any atom is 0.269 e. The third-order valence-electron chi connectivity index (χ3n) is 3.51. The van der Waals surface area contributed by atoms with Crippen molar-refractivity contribution >= 4 is 35.6 Å². The van der Waals surface area contributed by atoms with Crippen molar-refractivity contribution in [1.29, 1.82) is 0 Å². The molecule has 2 rings (SSSR count). The molecule has 0 aromatic heterocycles. The predicted octanol–water partition coefficient (Wildman–Crippen LogP) is 3.33. The molecule has 1 aromatic rings. The van der Waals surface area contributed by atoms with Crippen LogP contribution in [0.4, 0.5) is 5.69 Å². The number of nitro benzene ring substituents is 1. The van der Waals surface area contributed by atoms with Crippen molar-refractivity contribution in [3.8, 4) is 0 Å². The molecule has 0 bridgehead atoms. The second-order valence-electron chi connectivity index (χ2n) is 5.57. The van der Waals surface area contributed by atoms with E-state index in [9.17, 15) is 10.1 Å². The van der Waals surface area contributed by atoms with Gasteiger partial charge in [0.05, 0.1) is 11.5 Å². The van der Waals surface area contributed by atoms with Gasteiger partial charge in [-0.1, -0.05) is 24.3 Å². The van der Waals surface area contributed by atoms with Gasteiger partial charge >= 0.3 is 0 Å². The third-order valence-corrected chi connectivity index (χ3v) is 3.51. The Morgan fingerprint density at radius 3 is 2.48 bits per heavy atom. The Bertz CT molecular complexity index is 566. The summed E-state index contributed by atoms with van der Waals surface area (Å²) in [6, 6.07) is 6.54. The van der Waals surface area contributed by atoms with Crippen molar-refractivity contribution in [2.45, 2.75) is 26.3 Å². The minimum absolute atomic E-state index is 0. The van der Waals surface area contributed by atoms with Gasteiger partial charge in [0.15, 0.2) is 5.96 Å². The zero-order chi connectivity index (χ0) is 15.9. The van der Waals surface area contributed by atoms with Crippen molar-refractivity contribution in [3.05, 3.63) is 52.1 Å². The first-order chi connectivity index (χ1) is 10.6. The number of hydrogen-bond donors (Lipinski definition) is 1. The number of benzene rings is 1. The molecule has 0 spiro atoms. The minimum atomic E-state index is -0.392. The molecule has 23 heavy (non-hydrogen) atoms. The Labute approximate surface area is 153 Å². The quantitative estimate of drug-likeness (QED) is 0.194. The number of guanidine groups is 1. The van der Waals surface area contributed by atoms with Gasteiger partial charge in [0.2, 0.25) is 0 Å². The zero-order valence-corrected chi connectivity index (χ0v) is 15.7. The summed E-state index contributed by atoms with van der Waals surface area (Å²) < 4.78 is 0. The van der Waals surface area contributed by atoms with Crippen LogP contribution in [0.15, 0.2) is 41.4 Å².